The number of carbonyl (C=O) groups excluding carboxylic acids is 1. The summed E-state index contributed by atoms with van der Waals surface area (Å²) in [5.74, 6) is 0.552. The van der Waals surface area contributed by atoms with Crippen molar-refractivity contribution < 1.29 is 4.79 Å². The molecule has 142 valence electrons. The fraction of sp³-hybridized carbons (Fsp3) is 0.895. The summed E-state index contributed by atoms with van der Waals surface area (Å²) in [6.07, 6.45) is 2.27. The third-order valence-electron chi connectivity index (χ3n) is 6.01. The van der Waals surface area contributed by atoms with E-state index < -0.39 is 0 Å². The molecule has 1 amide bonds. The monoisotopic (exact) mass is 349 g/mol. The van der Waals surface area contributed by atoms with E-state index in [1.54, 1.807) is 0 Å². The number of likely N-dealkylation sites (tertiary alicyclic amines) is 1. The van der Waals surface area contributed by atoms with Crippen LogP contribution in [0.5, 0.6) is 0 Å². The number of carbonyl (C=O) groups is 1. The van der Waals surface area contributed by atoms with Gasteiger partial charge >= 0.3 is 0 Å². The molecule has 6 nitrogen and oxygen atoms in total. The molecule has 2 heterocycles. The van der Waals surface area contributed by atoms with Gasteiger partial charge in [-0.1, -0.05) is 13.8 Å². The number of nitriles is 1. The van der Waals surface area contributed by atoms with Crippen LogP contribution in [0.3, 0.4) is 0 Å². The van der Waals surface area contributed by atoms with Crippen molar-refractivity contribution in [3.05, 3.63) is 0 Å². The second kappa shape index (κ2) is 8.98. The molecule has 0 unspecified atom stereocenters. The molecule has 2 saturated heterocycles. The van der Waals surface area contributed by atoms with E-state index in [1.807, 2.05) is 4.90 Å². The Hall–Kier alpha value is -1.16. The molecule has 2 aliphatic rings. The molecule has 0 aromatic heterocycles. The van der Waals surface area contributed by atoms with Gasteiger partial charge in [0.15, 0.2) is 0 Å². The standard InChI is InChI=1S/C19H35N5O/c1-15(2)18(13-20)23-8-10-24(11-9-23)19(25)14-22(5)17-6-7-21(4)16(3)12-17/h15-18H,6-12,14H2,1-5H3/t16-,17-,18-/m0/s1. The van der Waals surface area contributed by atoms with Gasteiger partial charge in [-0.25, -0.2) is 0 Å². The van der Waals surface area contributed by atoms with Crippen LogP contribution in [0.1, 0.15) is 33.6 Å². The van der Waals surface area contributed by atoms with Gasteiger partial charge in [-0.15, -0.1) is 0 Å². The van der Waals surface area contributed by atoms with Crippen molar-refractivity contribution >= 4 is 5.91 Å². The number of hydrogen-bond acceptors (Lipinski definition) is 5. The number of piperazine rings is 1. The Morgan fingerprint density at radius 1 is 1.24 bits per heavy atom. The molecule has 2 fully saturated rings. The van der Waals surface area contributed by atoms with Crippen LogP contribution in [-0.2, 0) is 4.79 Å². The van der Waals surface area contributed by atoms with Gasteiger partial charge in [0.2, 0.25) is 5.91 Å². The Balaban J connectivity index is 1.80. The maximum absolute atomic E-state index is 12.7. The van der Waals surface area contributed by atoms with Crippen molar-refractivity contribution in [2.45, 2.75) is 51.7 Å². The summed E-state index contributed by atoms with van der Waals surface area (Å²) in [6.45, 7) is 11.1. The highest BCUT2D eigenvalue weighted by atomic mass is 16.2. The van der Waals surface area contributed by atoms with Crippen molar-refractivity contribution in [2.75, 3.05) is 53.4 Å². The minimum absolute atomic E-state index is 0.0411. The highest BCUT2D eigenvalue weighted by Gasteiger charge is 2.30. The van der Waals surface area contributed by atoms with E-state index >= 15 is 0 Å². The van der Waals surface area contributed by atoms with Crippen molar-refractivity contribution in [3.8, 4) is 6.07 Å². The van der Waals surface area contributed by atoms with E-state index in [-0.39, 0.29) is 11.9 Å². The largest absolute Gasteiger partial charge is 0.339 e. The summed E-state index contributed by atoms with van der Waals surface area (Å²) in [4.78, 5) is 21.5. The number of amides is 1. The second-order valence-corrected chi connectivity index (χ2v) is 8.16. The van der Waals surface area contributed by atoms with Gasteiger partial charge in [-0.05, 0) is 46.3 Å². The van der Waals surface area contributed by atoms with Crippen LogP contribution < -0.4 is 0 Å². The lowest BCUT2D eigenvalue weighted by Crippen LogP contribution is -2.55. The van der Waals surface area contributed by atoms with Crippen LogP contribution in [0.4, 0.5) is 0 Å². The number of piperidine rings is 1. The van der Waals surface area contributed by atoms with E-state index in [4.69, 9.17) is 0 Å². The first-order valence-corrected chi connectivity index (χ1v) is 9.65. The molecular formula is C19H35N5O. The molecule has 2 rings (SSSR count). The third kappa shape index (κ3) is 5.16. The molecule has 0 bridgehead atoms. The van der Waals surface area contributed by atoms with Gasteiger partial charge in [0.1, 0.15) is 6.04 Å². The van der Waals surface area contributed by atoms with Gasteiger partial charge in [-0.2, -0.15) is 5.26 Å². The number of rotatable bonds is 5. The molecule has 3 atom stereocenters. The summed E-state index contributed by atoms with van der Waals surface area (Å²) >= 11 is 0. The summed E-state index contributed by atoms with van der Waals surface area (Å²) < 4.78 is 0. The average molecular weight is 350 g/mol. The third-order valence-corrected chi connectivity index (χ3v) is 6.01. The summed E-state index contributed by atoms with van der Waals surface area (Å²) in [6, 6.07) is 3.45. The fourth-order valence-corrected chi connectivity index (χ4v) is 4.01. The lowest BCUT2D eigenvalue weighted by atomic mass is 9.98. The molecule has 0 aromatic rings. The number of likely N-dealkylation sites (N-methyl/N-ethyl adjacent to an activating group) is 1. The van der Waals surface area contributed by atoms with E-state index in [0.717, 1.165) is 45.6 Å². The second-order valence-electron chi connectivity index (χ2n) is 8.16. The van der Waals surface area contributed by atoms with E-state index in [1.165, 1.54) is 0 Å². The van der Waals surface area contributed by atoms with Crippen LogP contribution in [0.25, 0.3) is 0 Å². The minimum Gasteiger partial charge on any atom is -0.339 e. The van der Waals surface area contributed by atoms with Crippen LogP contribution in [-0.4, -0.2) is 97.0 Å². The van der Waals surface area contributed by atoms with E-state index in [9.17, 15) is 10.1 Å². The minimum atomic E-state index is -0.0411. The predicted octanol–water partition coefficient (Wildman–Crippen LogP) is 1.09. The molecule has 0 aromatic carbocycles. The maximum Gasteiger partial charge on any atom is 0.236 e. The fourth-order valence-electron chi connectivity index (χ4n) is 4.01. The lowest BCUT2D eigenvalue weighted by molar-refractivity contribution is -0.135. The first kappa shape index (κ1) is 20.2. The molecule has 25 heavy (non-hydrogen) atoms. The predicted molar refractivity (Wildman–Crippen MR) is 100 cm³/mol. The molecule has 6 heteroatoms. The normalized spacial score (nSPS) is 27.5. The van der Waals surface area contributed by atoms with E-state index in [0.29, 0.717) is 24.5 Å². The van der Waals surface area contributed by atoms with Crippen LogP contribution >= 0.6 is 0 Å². The maximum atomic E-state index is 12.7. The number of nitrogens with zero attached hydrogens (tertiary/aromatic N) is 5. The summed E-state index contributed by atoms with van der Waals surface area (Å²) in [7, 11) is 4.26. The molecule has 0 N–H and O–H groups in total. The quantitative estimate of drug-likeness (QED) is 0.744. The first-order valence-electron chi connectivity index (χ1n) is 9.65. The average Bonchev–Trinajstić information content (AvgIpc) is 2.58. The molecule has 2 aliphatic heterocycles. The molecular weight excluding hydrogens is 314 g/mol. The van der Waals surface area contributed by atoms with Gasteiger partial charge in [-0.3, -0.25) is 14.6 Å². The van der Waals surface area contributed by atoms with Gasteiger partial charge in [0, 0.05) is 38.3 Å². The Bertz CT molecular complexity index is 481. The van der Waals surface area contributed by atoms with Gasteiger partial charge < -0.3 is 9.80 Å². The van der Waals surface area contributed by atoms with Crippen LogP contribution in [0.2, 0.25) is 0 Å². The highest BCUT2D eigenvalue weighted by molar-refractivity contribution is 5.78. The first-order chi connectivity index (χ1) is 11.8. The van der Waals surface area contributed by atoms with Gasteiger partial charge in [0.25, 0.3) is 0 Å². The van der Waals surface area contributed by atoms with Crippen molar-refractivity contribution in [3.63, 3.8) is 0 Å². The smallest absolute Gasteiger partial charge is 0.236 e. The van der Waals surface area contributed by atoms with Gasteiger partial charge in [0.05, 0.1) is 12.6 Å². The van der Waals surface area contributed by atoms with Crippen LogP contribution in [0, 0.1) is 17.2 Å². The van der Waals surface area contributed by atoms with Crippen molar-refractivity contribution in [2.24, 2.45) is 5.92 Å². The zero-order valence-electron chi connectivity index (χ0n) is 16.6. The molecule has 0 spiro atoms. The molecule has 0 saturated carbocycles. The highest BCUT2D eigenvalue weighted by Crippen LogP contribution is 2.20. The van der Waals surface area contributed by atoms with E-state index in [2.05, 4.69) is 55.6 Å². The van der Waals surface area contributed by atoms with Crippen LogP contribution in [0.15, 0.2) is 0 Å². The Kier molecular flexibility index (Phi) is 7.24. The molecule has 0 aliphatic carbocycles. The summed E-state index contributed by atoms with van der Waals surface area (Å²) in [5, 5.41) is 9.34. The zero-order valence-corrected chi connectivity index (χ0v) is 16.6. The summed E-state index contributed by atoms with van der Waals surface area (Å²) in [5.41, 5.74) is 0. The Labute approximate surface area is 153 Å². The Morgan fingerprint density at radius 2 is 1.88 bits per heavy atom. The zero-order chi connectivity index (χ0) is 18.6. The topological polar surface area (TPSA) is 53.8 Å². The molecule has 0 radical (unpaired) electrons. The lowest BCUT2D eigenvalue weighted by Gasteiger charge is -2.41. The Morgan fingerprint density at radius 3 is 2.40 bits per heavy atom. The van der Waals surface area contributed by atoms with Crippen molar-refractivity contribution in [1.82, 2.24) is 19.6 Å². The SMILES string of the molecule is CC(C)[C@H](C#N)N1CCN(C(=O)CN(C)[C@H]2CCN(C)[C@@H](C)C2)CC1. The van der Waals surface area contributed by atoms with Crippen molar-refractivity contribution in [1.29, 1.82) is 5.26 Å². The number of hydrogen-bond donors (Lipinski definition) is 0.